The van der Waals surface area contributed by atoms with Crippen molar-refractivity contribution in [3.8, 4) is 16.9 Å². The fourth-order valence-electron chi connectivity index (χ4n) is 3.11. The molecule has 1 aliphatic heterocycles. The minimum absolute atomic E-state index is 0.0746. The van der Waals surface area contributed by atoms with Gasteiger partial charge in [-0.1, -0.05) is 48.5 Å². The van der Waals surface area contributed by atoms with Gasteiger partial charge >= 0.3 is 0 Å². The second-order valence-electron chi connectivity index (χ2n) is 5.40. The summed E-state index contributed by atoms with van der Waals surface area (Å²) in [5.41, 5.74) is 4.54. The summed E-state index contributed by atoms with van der Waals surface area (Å²) < 4.78 is 3.94. The molecule has 3 aromatic rings. The summed E-state index contributed by atoms with van der Waals surface area (Å²) in [6.07, 6.45) is 2.01. The number of para-hydroxylation sites is 1. The van der Waals surface area contributed by atoms with Gasteiger partial charge in [0.15, 0.2) is 0 Å². The predicted molar refractivity (Wildman–Crippen MR) is 83.8 cm³/mol. The Morgan fingerprint density at radius 2 is 1.67 bits per heavy atom. The van der Waals surface area contributed by atoms with E-state index >= 15 is 0 Å². The van der Waals surface area contributed by atoms with E-state index in [2.05, 4.69) is 35.0 Å². The average molecular weight is 276 g/mol. The molecule has 0 aliphatic carbocycles. The van der Waals surface area contributed by atoms with Gasteiger partial charge < -0.3 is 0 Å². The van der Waals surface area contributed by atoms with E-state index in [4.69, 9.17) is 0 Å². The summed E-state index contributed by atoms with van der Waals surface area (Å²) in [5.74, 6) is 0. The molecule has 0 amide bonds. The Labute approximate surface area is 123 Å². The second kappa shape index (κ2) is 4.77. The fraction of sp³-hybridized carbons (Fsp3) is 0.167. The van der Waals surface area contributed by atoms with Gasteiger partial charge in [0.25, 0.3) is 5.56 Å². The van der Waals surface area contributed by atoms with Crippen molar-refractivity contribution >= 4 is 0 Å². The van der Waals surface area contributed by atoms with Gasteiger partial charge in [0.05, 0.1) is 11.4 Å². The van der Waals surface area contributed by atoms with Crippen LogP contribution in [0.25, 0.3) is 16.9 Å². The molecule has 1 aliphatic rings. The number of nitrogens with zero attached hydrogens (tertiary/aromatic N) is 2. The monoisotopic (exact) mass is 276 g/mol. The summed E-state index contributed by atoms with van der Waals surface area (Å²) in [5, 5.41) is 0. The molecule has 0 saturated carbocycles. The first-order chi connectivity index (χ1) is 10.3. The number of benzene rings is 2. The number of fused-ring (bicyclic) bond motifs is 3. The largest absolute Gasteiger partial charge is 0.268 e. The number of aromatic nitrogens is 2. The van der Waals surface area contributed by atoms with Gasteiger partial charge in [-0.2, -0.15) is 0 Å². The van der Waals surface area contributed by atoms with Gasteiger partial charge in [-0.15, -0.1) is 0 Å². The van der Waals surface area contributed by atoms with Gasteiger partial charge in [0, 0.05) is 18.2 Å². The third-order valence-electron chi connectivity index (χ3n) is 4.09. The van der Waals surface area contributed by atoms with Crippen molar-refractivity contribution in [2.75, 3.05) is 0 Å². The zero-order chi connectivity index (χ0) is 14.2. The Balaban J connectivity index is 2.05. The molecule has 0 saturated heterocycles. The van der Waals surface area contributed by atoms with Crippen LogP contribution < -0.4 is 5.56 Å². The average Bonchev–Trinajstić information content (AvgIpc) is 2.74. The van der Waals surface area contributed by atoms with Crippen molar-refractivity contribution in [1.29, 1.82) is 0 Å². The van der Waals surface area contributed by atoms with E-state index in [1.807, 2.05) is 28.9 Å². The van der Waals surface area contributed by atoms with Crippen LogP contribution in [0, 0.1) is 0 Å². The maximum absolute atomic E-state index is 12.4. The fourth-order valence-corrected chi connectivity index (χ4v) is 3.11. The van der Waals surface area contributed by atoms with Crippen LogP contribution in [0.15, 0.2) is 65.5 Å². The highest BCUT2D eigenvalue weighted by Crippen LogP contribution is 2.26. The number of rotatable bonds is 1. The lowest BCUT2D eigenvalue weighted by Gasteiger charge is -2.14. The molecule has 0 atom stereocenters. The molecule has 104 valence electrons. The van der Waals surface area contributed by atoms with Crippen molar-refractivity contribution in [1.82, 2.24) is 9.36 Å². The van der Waals surface area contributed by atoms with Crippen molar-refractivity contribution in [3.05, 3.63) is 76.6 Å². The minimum Gasteiger partial charge on any atom is -0.268 e. The Bertz CT molecular complexity index is 843. The highest BCUT2D eigenvalue weighted by atomic mass is 16.1. The lowest BCUT2D eigenvalue weighted by molar-refractivity contribution is 0.535. The van der Waals surface area contributed by atoms with Gasteiger partial charge in [-0.05, 0) is 24.5 Å². The van der Waals surface area contributed by atoms with Gasteiger partial charge in [0.2, 0.25) is 0 Å². The summed E-state index contributed by atoms with van der Waals surface area (Å²) in [4.78, 5) is 12.4. The standard InChI is InChI=1S/C18H16N2O/c21-18-13-17(15-7-2-1-3-8-15)20-16-11-5-4-9-14(16)10-6-12-19(18)20/h1-5,7-9,11,13H,6,10,12H2. The second-order valence-corrected chi connectivity index (χ2v) is 5.40. The van der Waals surface area contributed by atoms with Gasteiger partial charge in [0.1, 0.15) is 0 Å². The van der Waals surface area contributed by atoms with Crippen LogP contribution in [0.1, 0.15) is 12.0 Å². The number of aryl methyl sites for hydroxylation is 1. The van der Waals surface area contributed by atoms with E-state index in [-0.39, 0.29) is 5.56 Å². The van der Waals surface area contributed by atoms with Crippen molar-refractivity contribution in [2.24, 2.45) is 0 Å². The highest BCUT2D eigenvalue weighted by molar-refractivity contribution is 5.62. The third kappa shape index (κ3) is 1.93. The highest BCUT2D eigenvalue weighted by Gasteiger charge is 2.19. The van der Waals surface area contributed by atoms with Crippen LogP contribution in [-0.2, 0) is 13.0 Å². The zero-order valence-electron chi connectivity index (χ0n) is 11.7. The van der Waals surface area contributed by atoms with E-state index < -0.39 is 0 Å². The summed E-state index contributed by atoms with van der Waals surface area (Å²) in [6, 6.07) is 20.2. The first-order valence-electron chi connectivity index (χ1n) is 7.31. The van der Waals surface area contributed by atoms with Crippen LogP contribution in [0.3, 0.4) is 0 Å². The third-order valence-corrected chi connectivity index (χ3v) is 4.09. The molecule has 3 nitrogen and oxygen atoms in total. The van der Waals surface area contributed by atoms with Gasteiger partial charge in [-0.25, -0.2) is 9.36 Å². The molecule has 0 bridgehead atoms. The molecule has 0 N–H and O–H groups in total. The smallest absolute Gasteiger partial charge is 0.267 e. The predicted octanol–water partition coefficient (Wildman–Crippen LogP) is 3.25. The first-order valence-corrected chi connectivity index (χ1v) is 7.31. The molecule has 0 unspecified atom stereocenters. The topological polar surface area (TPSA) is 26.9 Å². The SMILES string of the molecule is O=c1cc(-c2ccccc2)n2n1CCCc1ccccc1-2. The zero-order valence-corrected chi connectivity index (χ0v) is 11.7. The van der Waals surface area contributed by atoms with Crippen molar-refractivity contribution < 1.29 is 0 Å². The minimum atomic E-state index is 0.0746. The maximum Gasteiger partial charge on any atom is 0.267 e. The van der Waals surface area contributed by atoms with Crippen LogP contribution in [0.4, 0.5) is 0 Å². The molecular weight excluding hydrogens is 260 g/mol. The lowest BCUT2D eigenvalue weighted by Crippen LogP contribution is -2.21. The molecule has 0 spiro atoms. The molecule has 21 heavy (non-hydrogen) atoms. The molecular formula is C18H16N2O. The summed E-state index contributed by atoms with van der Waals surface area (Å²) >= 11 is 0. The Morgan fingerprint density at radius 3 is 2.52 bits per heavy atom. The van der Waals surface area contributed by atoms with Crippen LogP contribution in [0.5, 0.6) is 0 Å². The van der Waals surface area contributed by atoms with Crippen LogP contribution in [0.2, 0.25) is 0 Å². The maximum atomic E-state index is 12.4. The van der Waals surface area contributed by atoms with Crippen molar-refractivity contribution in [3.63, 3.8) is 0 Å². The molecule has 0 radical (unpaired) electrons. The molecule has 3 heteroatoms. The Hall–Kier alpha value is -2.55. The summed E-state index contributed by atoms with van der Waals surface area (Å²) in [7, 11) is 0. The molecule has 2 heterocycles. The van der Waals surface area contributed by atoms with Gasteiger partial charge in [-0.3, -0.25) is 4.79 Å². The molecule has 1 aromatic heterocycles. The van der Waals surface area contributed by atoms with Crippen molar-refractivity contribution in [2.45, 2.75) is 19.4 Å². The summed E-state index contributed by atoms with van der Waals surface area (Å²) in [6.45, 7) is 0.764. The van der Waals surface area contributed by atoms with E-state index in [1.54, 1.807) is 6.07 Å². The van der Waals surface area contributed by atoms with E-state index in [9.17, 15) is 4.79 Å². The van der Waals surface area contributed by atoms with E-state index in [1.165, 1.54) is 5.56 Å². The Kier molecular flexibility index (Phi) is 2.78. The molecule has 0 fully saturated rings. The molecule has 2 aromatic carbocycles. The quantitative estimate of drug-likeness (QED) is 0.670. The first kappa shape index (κ1) is 12.2. The normalized spacial score (nSPS) is 13.3. The van der Waals surface area contributed by atoms with E-state index in [0.717, 1.165) is 36.3 Å². The van der Waals surface area contributed by atoms with Crippen LogP contribution >= 0.6 is 0 Å². The molecule has 4 rings (SSSR count). The van der Waals surface area contributed by atoms with E-state index in [0.29, 0.717) is 0 Å². The number of hydrogen-bond donors (Lipinski definition) is 0. The number of hydrogen-bond acceptors (Lipinski definition) is 1. The lowest BCUT2D eigenvalue weighted by atomic mass is 10.1. The Morgan fingerprint density at radius 1 is 0.905 bits per heavy atom. The van der Waals surface area contributed by atoms with Crippen LogP contribution in [-0.4, -0.2) is 9.36 Å².